The second kappa shape index (κ2) is 6.48. The summed E-state index contributed by atoms with van der Waals surface area (Å²) in [5, 5.41) is 5.52. The molecule has 0 aromatic heterocycles. The van der Waals surface area contributed by atoms with Crippen molar-refractivity contribution in [2.24, 2.45) is 0 Å². The lowest BCUT2D eigenvalue weighted by Crippen LogP contribution is -2.51. The summed E-state index contributed by atoms with van der Waals surface area (Å²) in [6.45, 7) is 0. The highest BCUT2D eigenvalue weighted by molar-refractivity contribution is 6.95. The zero-order chi connectivity index (χ0) is 14.7. The molecule has 21 heavy (non-hydrogen) atoms. The van der Waals surface area contributed by atoms with Crippen LogP contribution in [0, 0.1) is 0 Å². The number of halogens is 2. The topological polar surface area (TPSA) is 0 Å². The van der Waals surface area contributed by atoms with E-state index < -0.39 is 8.80 Å². The molecule has 3 aromatic carbocycles. The van der Waals surface area contributed by atoms with Crippen LogP contribution >= 0.6 is 23.2 Å². The minimum absolute atomic E-state index is 0.768. The molecule has 0 aliphatic rings. The summed E-state index contributed by atoms with van der Waals surface area (Å²) < 4.78 is 0. The van der Waals surface area contributed by atoms with Crippen LogP contribution in [-0.2, 0) is 0 Å². The standard InChI is InChI=1S/C18H13Cl2Si/c19-14-6-10-17(11-7-14)21(16-4-2-1-3-5-16)18-12-8-15(20)9-13-18/h1-13H. The molecule has 0 fully saturated rings. The van der Waals surface area contributed by atoms with E-state index in [4.69, 9.17) is 23.2 Å². The Balaban J connectivity index is 2.11. The molecule has 0 saturated heterocycles. The Morgan fingerprint density at radius 1 is 0.476 bits per heavy atom. The van der Waals surface area contributed by atoms with Gasteiger partial charge in [0, 0.05) is 10.0 Å². The molecule has 0 aliphatic carbocycles. The summed E-state index contributed by atoms with van der Waals surface area (Å²) in [6, 6.07) is 26.9. The van der Waals surface area contributed by atoms with E-state index in [1.807, 2.05) is 30.3 Å². The Hall–Kier alpha value is -1.54. The molecule has 3 heteroatoms. The van der Waals surface area contributed by atoms with Gasteiger partial charge in [-0.2, -0.15) is 0 Å². The monoisotopic (exact) mass is 327 g/mol. The average molecular weight is 328 g/mol. The molecule has 1 radical (unpaired) electrons. The summed E-state index contributed by atoms with van der Waals surface area (Å²) in [5.41, 5.74) is 0. The molecule has 3 rings (SSSR count). The fourth-order valence-corrected chi connectivity index (χ4v) is 5.12. The van der Waals surface area contributed by atoms with Crippen LogP contribution in [0.25, 0.3) is 0 Å². The van der Waals surface area contributed by atoms with Crippen molar-refractivity contribution in [2.45, 2.75) is 0 Å². The molecule has 0 atom stereocenters. The third kappa shape index (κ3) is 3.38. The first-order chi connectivity index (χ1) is 10.2. The first-order valence-corrected chi connectivity index (χ1v) is 8.94. The van der Waals surface area contributed by atoms with Crippen LogP contribution in [0.3, 0.4) is 0 Å². The second-order valence-corrected chi connectivity index (χ2v) is 8.11. The van der Waals surface area contributed by atoms with Crippen molar-refractivity contribution in [3.63, 3.8) is 0 Å². The van der Waals surface area contributed by atoms with Crippen LogP contribution in [0.1, 0.15) is 0 Å². The number of benzene rings is 3. The maximum Gasteiger partial charge on any atom is 0.154 e. The molecule has 0 heterocycles. The van der Waals surface area contributed by atoms with Crippen molar-refractivity contribution in [2.75, 3.05) is 0 Å². The molecule has 0 amide bonds. The summed E-state index contributed by atoms with van der Waals surface area (Å²) in [7, 11) is -1.03. The Kier molecular flexibility index (Phi) is 4.44. The number of hydrogen-bond acceptors (Lipinski definition) is 0. The zero-order valence-corrected chi connectivity index (χ0v) is 13.8. The molecule has 0 bridgehead atoms. The third-order valence-corrected chi connectivity index (χ3v) is 6.56. The van der Waals surface area contributed by atoms with Crippen molar-refractivity contribution < 1.29 is 0 Å². The first kappa shape index (κ1) is 14.4. The van der Waals surface area contributed by atoms with E-state index in [1.165, 1.54) is 15.6 Å². The molecular formula is C18H13Cl2Si. The van der Waals surface area contributed by atoms with E-state index in [1.54, 1.807) is 0 Å². The van der Waals surface area contributed by atoms with Gasteiger partial charge in [0.1, 0.15) is 0 Å². The van der Waals surface area contributed by atoms with Crippen LogP contribution in [-0.4, -0.2) is 8.80 Å². The fourth-order valence-electron chi connectivity index (χ4n) is 2.34. The largest absolute Gasteiger partial charge is 0.154 e. The predicted octanol–water partition coefficient (Wildman–Crippen LogP) is 3.51. The maximum atomic E-state index is 6.02. The van der Waals surface area contributed by atoms with Gasteiger partial charge in [0.25, 0.3) is 0 Å². The van der Waals surface area contributed by atoms with E-state index in [0.29, 0.717) is 0 Å². The molecule has 0 N–H and O–H groups in total. The number of rotatable bonds is 3. The minimum atomic E-state index is -1.03. The SMILES string of the molecule is Clc1ccc([Si](c2ccccc2)c2ccc(Cl)cc2)cc1. The van der Waals surface area contributed by atoms with Crippen LogP contribution in [0.4, 0.5) is 0 Å². The molecule has 103 valence electrons. The normalized spacial score (nSPS) is 10.8. The van der Waals surface area contributed by atoms with Crippen LogP contribution in [0.15, 0.2) is 78.9 Å². The van der Waals surface area contributed by atoms with Gasteiger partial charge in [-0.15, -0.1) is 0 Å². The van der Waals surface area contributed by atoms with Gasteiger partial charge in [-0.3, -0.25) is 0 Å². The van der Waals surface area contributed by atoms with E-state index in [-0.39, 0.29) is 0 Å². The van der Waals surface area contributed by atoms with Gasteiger partial charge < -0.3 is 0 Å². The summed E-state index contributed by atoms with van der Waals surface area (Å²) in [5.74, 6) is 0. The Bertz CT molecular complexity index is 661. The third-order valence-electron chi connectivity index (χ3n) is 3.33. The van der Waals surface area contributed by atoms with Crippen LogP contribution < -0.4 is 15.6 Å². The highest BCUT2D eigenvalue weighted by Crippen LogP contribution is 2.07. The van der Waals surface area contributed by atoms with Crippen LogP contribution in [0.2, 0.25) is 10.0 Å². The van der Waals surface area contributed by atoms with Crippen molar-refractivity contribution >= 4 is 47.6 Å². The van der Waals surface area contributed by atoms with E-state index in [0.717, 1.165) is 10.0 Å². The van der Waals surface area contributed by atoms with E-state index in [2.05, 4.69) is 48.5 Å². The Morgan fingerprint density at radius 2 is 0.857 bits per heavy atom. The summed E-state index contributed by atoms with van der Waals surface area (Å²) in [4.78, 5) is 0. The first-order valence-electron chi connectivity index (χ1n) is 6.68. The summed E-state index contributed by atoms with van der Waals surface area (Å²) >= 11 is 12.0. The zero-order valence-electron chi connectivity index (χ0n) is 11.3. The van der Waals surface area contributed by atoms with Gasteiger partial charge in [0.15, 0.2) is 8.80 Å². The average Bonchev–Trinajstić information content (AvgIpc) is 2.52. The Morgan fingerprint density at radius 3 is 1.29 bits per heavy atom. The lowest BCUT2D eigenvalue weighted by atomic mass is 10.3. The van der Waals surface area contributed by atoms with Gasteiger partial charge in [-0.05, 0) is 24.3 Å². The molecule has 0 aliphatic heterocycles. The molecule has 0 unspecified atom stereocenters. The van der Waals surface area contributed by atoms with E-state index >= 15 is 0 Å². The smallest absolute Gasteiger partial charge is 0.0843 e. The van der Waals surface area contributed by atoms with Gasteiger partial charge in [0.05, 0.1) is 0 Å². The highest BCUT2D eigenvalue weighted by Gasteiger charge is 2.19. The molecule has 0 nitrogen and oxygen atoms in total. The van der Waals surface area contributed by atoms with Crippen LogP contribution in [0.5, 0.6) is 0 Å². The van der Waals surface area contributed by atoms with Crippen molar-refractivity contribution in [1.29, 1.82) is 0 Å². The number of hydrogen-bond donors (Lipinski definition) is 0. The summed E-state index contributed by atoms with van der Waals surface area (Å²) in [6.07, 6.45) is 0. The van der Waals surface area contributed by atoms with Gasteiger partial charge in [-0.1, -0.05) is 93.4 Å². The molecule has 3 aromatic rings. The van der Waals surface area contributed by atoms with E-state index in [9.17, 15) is 0 Å². The maximum absolute atomic E-state index is 6.02. The van der Waals surface area contributed by atoms with Crippen molar-refractivity contribution in [3.05, 3.63) is 88.9 Å². The molecule has 0 spiro atoms. The fraction of sp³-hybridized carbons (Fsp3) is 0. The molecule has 0 saturated carbocycles. The quantitative estimate of drug-likeness (QED) is 0.510. The minimum Gasteiger partial charge on any atom is -0.0843 e. The molecular weight excluding hydrogens is 315 g/mol. The van der Waals surface area contributed by atoms with Crippen molar-refractivity contribution in [3.8, 4) is 0 Å². The lowest BCUT2D eigenvalue weighted by Gasteiger charge is -2.16. The lowest BCUT2D eigenvalue weighted by molar-refractivity contribution is 1.71. The van der Waals surface area contributed by atoms with Gasteiger partial charge in [-0.25, -0.2) is 0 Å². The Labute approximate surface area is 136 Å². The van der Waals surface area contributed by atoms with Gasteiger partial charge in [0.2, 0.25) is 0 Å². The van der Waals surface area contributed by atoms with Crippen molar-refractivity contribution in [1.82, 2.24) is 0 Å². The predicted molar refractivity (Wildman–Crippen MR) is 94.0 cm³/mol. The second-order valence-electron chi connectivity index (χ2n) is 4.75. The van der Waals surface area contributed by atoms with Gasteiger partial charge >= 0.3 is 0 Å². The highest BCUT2D eigenvalue weighted by atomic mass is 35.5.